The van der Waals surface area contributed by atoms with E-state index in [1.807, 2.05) is 18.2 Å². The van der Waals surface area contributed by atoms with Crippen LogP contribution < -0.4 is 4.74 Å². The first-order chi connectivity index (χ1) is 11.7. The maximum Gasteiger partial charge on any atom is 0.261 e. The van der Waals surface area contributed by atoms with E-state index < -0.39 is 10.1 Å². The highest BCUT2D eigenvalue weighted by Crippen LogP contribution is 2.49. The van der Waals surface area contributed by atoms with Crippen LogP contribution in [-0.2, 0) is 10.1 Å². The molecule has 0 spiro atoms. The zero-order chi connectivity index (χ0) is 18.2. The Morgan fingerprint density at radius 3 is 2.32 bits per heavy atom. The lowest BCUT2D eigenvalue weighted by Gasteiger charge is -2.17. The van der Waals surface area contributed by atoms with Crippen LogP contribution in [0.1, 0.15) is 23.0 Å². The highest BCUT2D eigenvalue weighted by Gasteiger charge is 2.38. The minimum absolute atomic E-state index is 0.456. The fourth-order valence-electron chi connectivity index (χ4n) is 3.53. The number of likely N-dealkylation sites (N-methyl/N-ethyl adjacent to an activating group) is 1. The lowest BCUT2D eigenvalue weighted by molar-refractivity contribution is 0.401. The molecule has 2 aliphatic heterocycles. The van der Waals surface area contributed by atoms with Crippen LogP contribution in [0.15, 0.2) is 42.5 Å². The van der Waals surface area contributed by atoms with Crippen LogP contribution in [0.25, 0.3) is 0 Å². The van der Waals surface area contributed by atoms with E-state index in [2.05, 4.69) is 36.2 Å². The Balaban J connectivity index is 0.000000324. The first-order valence-corrected chi connectivity index (χ1v) is 10.1. The van der Waals surface area contributed by atoms with E-state index in [0.717, 1.165) is 29.6 Å². The van der Waals surface area contributed by atoms with Gasteiger partial charge in [0, 0.05) is 35.5 Å². The summed E-state index contributed by atoms with van der Waals surface area (Å²) < 4.78 is 32.0. The van der Waals surface area contributed by atoms with Gasteiger partial charge in [-0.15, -0.1) is 0 Å². The van der Waals surface area contributed by atoms with Crippen molar-refractivity contribution in [3.8, 4) is 11.5 Å². The maximum atomic E-state index is 9.19. The first kappa shape index (κ1) is 18.2. The van der Waals surface area contributed by atoms with Crippen LogP contribution >= 0.6 is 11.6 Å². The summed E-state index contributed by atoms with van der Waals surface area (Å²) in [4.78, 5) is 2.39. The molecule has 5 nitrogen and oxygen atoms in total. The van der Waals surface area contributed by atoms with Gasteiger partial charge in [-0.3, -0.25) is 4.55 Å². The van der Waals surface area contributed by atoms with Crippen LogP contribution in [0.5, 0.6) is 11.5 Å². The van der Waals surface area contributed by atoms with Crippen molar-refractivity contribution in [2.75, 3.05) is 26.4 Å². The summed E-state index contributed by atoms with van der Waals surface area (Å²) in [6, 6.07) is 14.4. The maximum absolute atomic E-state index is 9.19. The van der Waals surface area contributed by atoms with E-state index in [9.17, 15) is 8.42 Å². The molecule has 2 aliphatic rings. The van der Waals surface area contributed by atoms with Crippen molar-refractivity contribution in [2.45, 2.75) is 11.8 Å². The molecule has 0 saturated carbocycles. The monoisotopic (exact) mass is 381 g/mol. The van der Waals surface area contributed by atoms with Crippen molar-refractivity contribution in [2.24, 2.45) is 0 Å². The van der Waals surface area contributed by atoms with Gasteiger partial charge in [-0.2, -0.15) is 8.42 Å². The van der Waals surface area contributed by atoms with Gasteiger partial charge in [0.2, 0.25) is 0 Å². The number of para-hydroxylation sites is 1. The van der Waals surface area contributed by atoms with E-state index in [1.54, 1.807) is 0 Å². The summed E-state index contributed by atoms with van der Waals surface area (Å²) in [7, 11) is -1.48. The van der Waals surface area contributed by atoms with Gasteiger partial charge in [0.25, 0.3) is 10.1 Å². The highest BCUT2D eigenvalue weighted by atomic mass is 35.5. The standard InChI is InChI=1S/C17H16ClNO.CH4O3S/c1-19-9-14-12-4-2-3-5-16(12)20-17-7-6-11(18)8-13(17)15(14)10-19;1-5(2,3)4/h2-8,14-15H,9-10H2,1H3;1H3,(H,2,3,4)/t14-,15-;/m0./s1. The number of hydrogen-bond acceptors (Lipinski definition) is 4. The molecule has 0 aromatic heterocycles. The van der Waals surface area contributed by atoms with Crippen LogP contribution in [0.4, 0.5) is 0 Å². The molecule has 1 saturated heterocycles. The number of likely N-dealkylation sites (tertiary alicyclic amines) is 1. The van der Waals surface area contributed by atoms with Crippen LogP contribution in [-0.4, -0.2) is 44.3 Å². The Bertz CT molecular complexity index is 876. The van der Waals surface area contributed by atoms with Crippen LogP contribution in [0.3, 0.4) is 0 Å². The lowest BCUT2D eigenvalue weighted by atomic mass is 9.84. The van der Waals surface area contributed by atoms with Gasteiger partial charge in [0.15, 0.2) is 0 Å². The average Bonchev–Trinajstić information content (AvgIpc) is 2.84. The molecule has 2 aromatic rings. The van der Waals surface area contributed by atoms with Crippen molar-refractivity contribution in [3.05, 3.63) is 58.6 Å². The van der Waals surface area contributed by atoms with Crippen LogP contribution in [0, 0.1) is 0 Å². The van der Waals surface area contributed by atoms with Crippen molar-refractivity contribution in [1.82, 2.24) is 4.90 Å². The Morgan fingerprint density at radius 1 is 1.08 bits per heavy atom. The topological polar surface area (TPSA) is 66.8 Å². The second-order valence-corrected chi connectivity index (χ2v) is 8.39. The van der Waals surface area contributed by atoms with Gasteiger partial charge >= 0.3 is 0 Å². The highest BCUT2D eigenvalue weighted by molar-refractivity contribution is 7.85. The Morgan fingerprint density at radius 2 is 1.64 bits per heavy atom. The van der Waals surface area contributed by atoms with E-state index in [1.165, 1.54) is 11.1 Å². The third kappa shape index (κ3) is 4.33. The molecule has 25 heavy (non-hydrogen) atoms. The molecule has 1 fully saturated rings. The normalized spacial score (nSPS) is 21.8. The summed E-state index contributed by atoms with van der Waals surface area (Å²) in [5.41, 5.74) is 2.55. The molecule has 0 unspecified atom stereocenters. The third-order valence-electron chi connectivity index (χ3n) is 4.41. The minimum atomic E-state index is -3.67. The number of hydrogen-bond donors (Lipinski definition) is 1. The molecule has 7 heteroatoms. The summed E-state index contributed by atoms with van der Waals surface area (Å²) >= 11 is 6.20. The molecular formula is C18H20ClNO4S. The first-order valence-electron chi connectivity index (χ1n) is 7.89. The van der Waals surface area contributed by atoms with Crippen molar-refractivity contribution in [3.63, 3.8) is 0 Å². The van der Waals surface area contributed by atoms with E-state index >= 15 is 0 Å². The number of nitrogens with zero attached hydrogens (tertiary/aromatic N) is 1. The number of halogens is 1. The molecule has 0 radical (unpaired) electrons. The summed E-state index contributed by atoms with van der Waals surface area (Å²) in [5.74, 6) is 2.87. The average molecular weight is 382 g/mol. The summed E-state index contributed by atoms with van der Waals surface area (Å²) in [5, 5.41) is 0.784. The quantitative estimate of drug-likeness (QED) is 0.704. The lowest BCUT2D eigenvalue weighted by Crippen LogP contribution is -2.14. The molecule has 0 amide bonds. The molecule has 2 heterocycles. The fourth-order valence-corrected chi connectivity index (χ4v) is 3.71. The van der Waals surface area contributed by atoms with E-state index in [-0.39, 0.29) is 0 Å². The molecular weight excluding hydrogens is 362 g/mol. The molecule has 134 valence electrons. The van der Waals surface area contributed by atoms with Gasteiger partial charge < -0.3 is 9.64 Å². The number of fused-ring (bicyclic) bond motifs is 5. The van der Waals surface area contributed by atoms with E-state index in [4.69, 9.17) is 20.9 Å². The summed E-state index contributed by atoms with van der Waals surface area (Å²) in [6.45, 7) is 2.12. The molecule has 4 rings (SSSR count). The molecule has 2 aromatic carbocycles. The van der Waals surface area contributed by atoms with Crippen molar-refractivity contribution in [1.29, 1.82) is 0 Å². The number of benzene rings is 2. The Hall–Kier alpha value is -1.60. The van der Waals surface area contributed by atoms with Crippen LogP contribution in [0.2, 0.25) is 5.02 Å². The van der Waals surface area contributed by atoms with Crippen molar-refractivity contribution >= 4 is 21.7 Å². The second kappa shape index (κ2) is 6.96. The second-order valence-electron chi connectivity index (χ2n) is 6.49. The Labute approximate surface area is 152 Å². The Kier molecular flexibility index (Phi) is 5.06. The third-order valence-corrected chi connectivity index (χ3v) is 4.65. The van der Waals surface area contributed by atoms with Gasteiger partial charge in [-0.1, -0.05) is 29.8 Å². The zero-order valence-corrected chi connectivity index (χ0v) is 15.6. The smallest absolute Gasteiger partial charge is 0.261 e. The molecule has 0 bridgehead atoms. The molecule has 2 atom stereocenters. The van der Waals surface area contributed by atoms with Gasteiger partial charge in [-0.05, 0) is 36.9 Å². The predicted octanol–water partition coefficient (Wildman–Crippen LogP) is 3.76. The number of rotatable bonds is 0. The fraction of sp³-hybridized carbons (Fsp3) is 0.333. The van der Waals surface area contributed by atoms with Gasteiger partial charge in [0.1, 0.15) is 11.5 Å². The number of ether oxygens (including phenoxy) is 1. The zero-order valence-electron chi connectivity index (χ0n) is 14.0. The van der Waals surface area contributed by atoms with Gasteiger partial charge in [0.05, 0.1) is 6.26 Å². The predicted molar refractivity (Wildman–Crippen MR) is 98.4 cm³/mol. The molecule has 1 N–H and O–H groups in total. The van der Waals surface area contributed by atoms with E-state index in [0.29, 0.717) is 18.1 Å². The summed E-state index contributed by atoms with van der Waals surface area (Å²) in [6.07, 6.45) is 0.715. The SMILES string of the molecule is CN1C[C@H]2c3ccccc3Oc3ccc(Cl)cc3[C@@H]2C1.CS(=O)(=O)O. The van der Waals surface area contributed by atoms with Gasteiger partial charge in [-0.25, -0.2) is 0 Å². The largest absolute Gasteiger partial charge is 0.457 e. The molecule has 0 aliphatic carbocycles. The minimum Gasteiger partial charge on any atom is -0.457 e. The van der Waals surface area contributed by atoms with Crippen molar-refractivity contribution < 1.29 is 17.7 Å².